The van der Waals surface area contributed by atoms with Gasteiger partial charge in [0.25, 0.3) is 0 Å². The predicted octanol–water partition coefficient (Wildman–Crippen LogP) is 5.85. The van der Waals surface area contributed by atoms with E-state index in [2.05, 4.69) is 40.9 Å². The van der Waals surface area contributed by atoms with Crippen molar-refractivity contribution >= 4 is 11.9 Å². The molecule has 0 radical (unpaired) electrons. The van der Waals surface area contributed by atoms with E-state index in [0.29, 0.717) is 44.9 Å². The lowest BCUT2D eigenvalue weighted by Crippen LogP contribution is -2.57. The van der Waals surface area contributed by atoms with Gasteiger partial charge in [-0.15, -0.1) is 0 Å². The van der Waals surface area contributed by atoms with Gasteiger partial charge in [0.15, 0.2) is 5.96 Å². The Bertz CT molecular complexity index is 1180. The number of amides is 1. The third kappa shape index (κ3) is 9.11. The zero-order valence-electron chi connectivity index (χ0n) is 24.6. The Labute approximate surface area is 243 Å². The Morgan fingerprint density at radius 3 is 1.95 bits per heavy atom. The number of hydrogen-bond acceptors (Lipinski definition) is 3. The Morgan fingerprint density at radius 1 is 0.929 bits per heavy atom. The topological polar surface area (TPSA) is 51.2 Å². The summed E-state index contributed by atoms with van der Waals surface area (Å²) in [6.45, 7) is 11.0. The number of aliphatic imine (C=N–C) groups is 1. The molecule has 0 aromatic heterocycles. The van der Waals surface area contributed by atoms with E-state index >= 15 is 0 Å². The maximum absolute atomic E-state index is 13.8. The number of hydrogen-bond donors (Lipinski definition) is 1. The van der Waals surface area contributed by atoms with Crippen LogP contribution in [0.25, 0.3) is 0 Å². The molecule has 1 amide bonds. The zero-order valence-corrected chi connectivity index (χ0v) is 24.6. The highest BCUT2D eigenvalue weighted by atomic mass is 19.4. The van der Waals surface area contributed by atoms with Crippen LogP contribution in [0.4, 0.5) is 26.3 Å². The largest absolute Gasteiger partial charge is 0.416 e. The van der Waals surface area contributed by atoms with Crippen LogP contribution in [0.15, 0.2) is 53.5 Å². The number of piperazine rings is 1. The Kier molecular flexibility index (Phi) is 10.6. The molecule has 0 saturated carbocycles. The molecule has 6 nitrogen and oxygen atoms in total. The SMILES string of the molecule is CCN=C(NC(C)(C)C)N1CCN(C(C(=O)N(C)CCc2cc(C(F)(F)F)cc(C(F)(F)F)c2)c2ccccc2)CC1. The van der Waals surface area contributed by atoms with Crippen molar-refractivity contribution in [2.75, 3.05) is 46.3 Å². The summed E-state index contributed by atoms with van der Waals surface area (Å²) < 4.78 is 79.9. The summed E-state index contributed by atoms with van der Waals surface area (Å²) in [5.74, 6) is 0.511. The van der Waals surface area contributed by atoms with Crippen molar-refractivity contribution in [1.29, 1.82) is 0 Å². The smallest absolute Gasteiger partial charge is 0.352 e. The summed E-state index contributed by atoms with van der Waals surface area (Å²) in [5, 5.41) is 3.44. The van der Waals surface area contributed by atoms with Crippen molar-refractivity contribution in [3.63, 3.8) is 0 Å². The number of guanidine groups is 1. The number of rotatable bonds is 7. The van der Waals surface area contributed by atoms with Crippen molar-refractivity contribution in [3.05, 3.63) is 70.8 Å². The first-order valence-electron chi connectivity index (χ1n) is 13.9. The number of benzene rings is 2. The van der Waals surface area contributed by atoms with Crippen molar-refractivity contribution in [3.8, 4) is 0 Å². The molecule has 42 heavy (non-hydrogen) atoms. The fourth-order valence-electron chi connectivity index (χ4n) is 4.82. The second-order valence-electron chi connectivity index (χ2n) is 11.4. The summed E-state index contributed by atoms with van der Waals surface area (Å²) in [5.41, 5.74) is -2.30. The van der Waals surface area contributed by atoms with Gasteiger partial charge in [-0.3, -0.25) is 14.7 Å². The summed E-state index contributed by atoms with van der Waals surface area (Å²) in [4.78, 5) is 24.0. The number of halogens is 6. The molecule has 2 aromatic rings. The van der Waals surface area contributed by atoms with Crippen molar-refractivity contribution in [1.82, 2.24) is 20.0 Å². The van der Waals surface area contributed by atoms with Crippen LogP contribution in [0.5, 0.6) is 0 Å². The molecule has 2 aromatic carbocycles. The number of carbonyl (C=O) groups excluding carboxylic acids is 1. The highest BCUT2D eigenvalue weighted by Crippen LogP contribution is 2.36. The molecule has 0 aliphatic carbocycles. The van der Waals surface area contributed by atoms with E-state index in [1.165, 1.54) is 11.9 Å². The van der Waals surface area contributed by atoms with Gasteiger partial charge in [0.1, 0.15) is 6.04 Å². The van der Waals surface area contributed by atoms with E-state index in [1.807, 2.05) is 37.3 Å². The second kappa shape index (κ2) is 13.4. The summed E-state index contributed by atoms with van der Waals surface area (Å²) in [7, 11) is 1.52. The van der Waals surface area contributed by atoms with Crippen LogP contribution < -0.4 is 5.32 Å². The molecule has 0 bridgehead atoms. The van der Waals surface area contributed by atoms with E-state index in [0.717, 1.165) is 11.5 Å². The molecule has 1 atom stereocenters. The van der Waals surface area contributed by atoms with E-state index in [-0.39, 0.29) is 36.0 Å². The number of nitrogens with zero attached hydrogens (tertiary/aromatic N) is 4. The van der Waals surface area contributed by atoms with Crippen molar-refractivity contribution < 1.29 is 31.1 Å². The Morgan fingerprint density at radius 2 is 1.48 bits per heavy atom. The minimum absolute atomic E-state index is 0.0520. The molecule has 1 N–H and O–H groups in total. The molecule has 0 spiro atoms. The van der Waals surface area contributed by atoms with Crippen molar-refractivity contribution in [2.45, 2.75) is 58.0 Å². The van der Waals surface area contributed by atoms with E-state index in [9.17, 15) is 31.1 Å². The second-order valence-corrected chi connectivity index (χ2v) is 11.4. The first-order chi connectivity index (χ1) is 19.5. The molecule has 1 unspecified atom stereocenters. The van der Waals surface area contributed by atoms with Gasteiger partial charge in [0.2, 0.25) is 5.91 Å². The van der Waals surface area contributed by atoms with Crippen LogP contribution >= 0.6 is 0 Å². The number of nitrogens with one attached hydrogen (secondary N) is 1. The molecular weight excluding hydrogens is 560 g/mol. The molecule has 1 heterocycles. The molecule has 12 heteroatoms. The summed E-state index contributed by atoms with van der Waals surface area (Å²) >= 11 is 0. The molecule has 3 rings (SSSR count). The van der Waals surface area contributed by atoms with Crippen LogP contribution in [-0.4, -0.2) is 78.4 Å². The van der Waals surface area contributed by atoms with Crippen LogP contribution in [-0.2, 0) is 23.6 Å². The average Bonchev–Trinajstić information content (AvgIpc) is 2.90. The minimum Gasteiger partial charge on any atom is -0.352 e. The first kappa shape index (κ1) is 33.2. The predicted molar refractivity (Wildman–Crippen MR) is 151 cm³/mol. The van der Waals surface area contributed by atoms with Gasteiger partial charge in [-0.05, 0) is 63.4 Å². The van der Waals surface area contributed by atoms with Gasteiger partial charge in [-0.1, -0.05) is 30.3 Å². The standard InChI is InChI=1S/C30H39F6N5O/c1-6-37-27(38-28(2,3)4)41-16-14-40(15-17-41)25(22-10-8-7-9-11-22)26(42)39(5)13-12-21-18-23(29(31,32)33)20-24(19-21)30(34,35)36/h7-11,18-20,25H,6,12-17H2,1-5H3,(H,37,38). The van der Waals surface area contributed by atoms with Gasteiger partial charge in [-0.2, -0.15) is 26.3 Å². The lowest BCUT2D eigenvalue weighted by atomic mass is 10.0. The average molecular weight is 600 g/mol. The Balaban J connectivity index is 1.78. The molecule has 232 valence electrons. The monoisotopic (exact) mass is 599 g/mol. The van der Waals surface area contributed by atoms with Crippen LogP contribution in [0.1, 0.15) is 56.0 Å². The molecule has 1 saturated heterocycles. The van der Waals surface area contributed by atoms with Crippen LogP contribution in [0, 0.1) is 0 Å². The van der Waals surface area contributed by atoms with Gasteiger partial charge in [0, 0.05) is 51.9 Å². The Hall–Kier alpha value is -3.28. The van der Waals surface area contributed by atoms with Gasteiger partial charge >= 0.3 is 12.4 Å². The van der Waals surface area contributed by atoms with Crippen molar-refractivity contribution in [2.24, 2.45) is 4.99 Å². The van der Waals surface area contributed by atoms with Gasteiger partial charge in [-0.25, -0.2) is 0 Å². The fraction of sp³-hybridized carbons (Fsp3) is 0.533. The van der Waals surface area contributed by atoms with E-state index in [1.54, 1.807) is 0 Å². The summed E-state index contributed by atoms with van der Waals surface area (Å²) in [6.07, 6.45) is -10.0. The minimum atomic E-state index is -4.93. The van der Waals surface area contributed by atoms with E-state index < -0.39 is 29.5 Å². The molecule has 1 aliphatic heterocycles. The molecule has 1 aliphatic rings. The maximum atomic E-state index is 13.8. The third-order valence-electron chi connectivity index (χ3n) is 6.88. The third-order valence-corrected chi connectivity index (χ3v) is 6.88. The highest BCUT2D eigenvalue weighted by molar-refractivity contribution is 5.83. The molecule has 1 fully saturated rings. The van der Waals surface area contributed by atoms with Gasteiger partial charge < -0.3 is 15.1 Å². The van der Waals surface area contributed by atoms with Crippen LogP contribution in [0.2, 0.25) is 0 Å². The lowest BCUT2D eigenvalue weighted by Gasteiger charge is -2.42. The molecular formula is C30H39F6N5O. The zero-order chi connectivity index (χ0) is 31.3. The normalized spacial score (nSPS) is 16.4. The number of likely N-dealkylation sites (N-methyl/N-ethyl adjacent to an activating group) is 1. The van der Waals surface area contributed by atoms with Gasteiger partial charge in [0.05, 0.1) is 11.1 Å². The maximum Gasteiger partial charge on any atom is 0.416 e. The summed E-state index contributed by atoms with van der Waals surface area (Å²) in [6, 6.07) is 10.0. The fourth-order valence-corrected chi connectivity index (χ4v) is 4.82. The number of alkyl halides is 6. The number of carbonyl (C=O) groups is 1. The first-order valence-corrected chi connectivity index (χ1v) is 13.9. The van der Waals surface area contributed by atoms with Crippen LogP contribution in [0.3, 0.4) is 0 Å². The highest BCUT2D eigenvalue weighted by Gasteiger charge is 2.37. The quantitative estimate of drug-likeness (QED) is 0.247. The lowest BCUT2D eigenvalue weighted by molar-refractivity contribution is -0.143. The van der Waals surface area contributed by atoms with E-state index in [4.69, 9.17) is 0 Å².